The standard InChI is InChI=1S/C13H12ClN3/c1-10(13-4-2-3-9-15-13)16-17-12-7-5-11(14)6-8-12/h2-9,16-17H,1H2. The van der Waals surface area contributed by atoms with Crippen LogP contribution in [0.15, 0.2) is 55.2 Å². The van der Waals surface area contributed by atoms with Gasteiger partial charge in [-0.3, -0.25) is 10.4 Å². The first-order chi connectivity index (χ1) is 8.25. The fourth-order valence-corrected chi connectivity index (χ4v) is 1.41. The molecule has 0 saturated heterocycles. The van der Waals surface area contributed by atoms with E-state index in [0.717, 1.165) is 11.4 Å². The van der Waals surface area contributed by atoms with E-state index in [0.29, 0.717) is 10.7 Å². The molecule has 1 aromatic heterocycles. The van der Waals surface area contributed by atoms with Gasteiger partial charge in [-0.1, -0.05) is 24.2 Å². The maximum atomic E-state index is 5.79. The largest absolute Gasteiger partial charge is 0.301 e. The Balaban J connectivity index is 1.95. The molecule has 2 rings (SSSR count). The Morgan fingerprint density at radius 2 is 1.88 bits per heavy atom. The van der Waals surface area contributed by atoms with Gasteiger partial charge in [0.2, 0.25) is 0 Å². The number of hydrazine groups is 1. The summed E-state index contributed by atoms with van der Waals surface area (Å²) >= 11 is 5.79. The minimum absolute atomic E-state index is 0.708. The maximum Gasteiger partial charge on any atom is 0.0872 e. The second-order valence-corrected chi connectivity index (χ2v) is 3.89. The van der Waals surface area contributed by atoms with Gasteiger partial charge in [0.05, 0.1) is 17.1 Å². The summed E-state index contributed by atoms with van der Waals surface area (Å²) in [5, 5.41) is 0.708. The molecule has 0 spiro atoms. The van der Waals surface area contributed by atoms with Crippen molar-refractivity contribution in [1.82, 2.24) is 10.4 Å². The average molecular weight is 246 g/mol. The monoisotopic (exact) mass is 245 g/mol. The summed E-state index contributed by atoms with van der Waals surface area (Å²) in [6.07, 6.45) is 1.73. The van der Waals surface area contributed by atoms with E-state index in [1.54, 1.807) is 6.20 Å². The quantitative estimate of drug-likeness (QED) is 0.812. The number of benzene rings is 1. The molecule has 0 bridgehead atoms. The average Bonchev–Trinajstić information content (AvgIpc) is 2.39. The highest BCUT2D eigenvalue weighted by Gasteiger charge is 1.98. The lowest BCUT2D eigenvalue weighted by Gasteiger charge is -2.11. The highest BCUT2D eigenvalue weighted by molar-refractivity contribution is 6.30. The van der Waals surface area contributed by atoms with Gasteiger partial charge in [0.1, 0.15) is 0 Å². The molecular weight excluding hydrogens is 234 g/mol. The smallest absolute Gasteiger partial charge is 0.0872 e. The molecule has 0 aliphatic heterocycles. The predicted octanol–water partition coefficient (Wildman–Crippen LogP) is 3.32. The normalized spacial score (nSPS) is 9.71. The Bertz CT molecular complexity index is 494. The summed E-state index contributed by atoms with van der Waals surface area (Å²) < 4.78 is 0. The van der Waals surface area contributed by atoms with Crippen LogP contribution < -0.4 is 10.9 Å². The van der Waals surface area contributed by atoms with Gasteiger partial charge in [-0.15, -0.1) is 0 Å². The number of pyridine rings is 1. The van der Waals surface area contributed by atoms with E-state index in [2.05, 4.69) is 22.4 Å². The maximum absolute atomic E-state index is 5.79. The van der Waals surface area contributed by atoms with Crippen molar-refractivity contribution in [1.29, 1.82) is 0 Å². The highest BCUT2D eigenvalue weighted by atomic mass is 35.5. The van der Waals surface area contributed by atoms with Gasteiger partial charge in [0.15, 0.2) is 0 Å². The van der Waals surface area contributed by atoms with Gasteiger partial charge in [0, 0.05) is 11.2 Å². The minimum Gasteiger partial charge on any atom is -0.301 e. The molecule has 0 aliphatic carbocycles. The van der Waals surface area contributed by atoms with Crippen molar-refractivity contribution in [2.75, 3.05) is 5.43 Å². The molecule has 0 saturated carbocycles. The van der Waals surface area contributed by atoms with Crippen LogP contribution in [0.1, 0.15) is 5.69 Å². The Morgan fingerprint density at radius 3 is 2.53 bits per heavy atom. The van der Waals surface area contributed by atoms with Gasteiger partial charge >= 0.3 is 0 Å². The van der Waals surface area contributed by atoms with E-state index < -0.39 is 0 Å². The van der Waals surface area contributed by atoms with Crippen LogP contribution in [0.4, 0.5) is 5.69 Å². The number of aromatic nitrogens is 1. The third-order valence-electron chi connectivity index (χ3n) is 2.18. The van der Waals surface area contributed by atoms with Crippen LogP contribution in [0, 0.1) is 0 Å². The van der Waals surface area contributed by atoms with Crippen LogP contribution in [0.25, 0.3) is 5.70 Å². The van der Waals surface area contributed by atoms with Crippen LogP contribution in [0.2, 0.25) is 5.02 Å². The SMILES string of the molecule is C=C(NNc1ccc(Cl)cc1)c1ccccn1. The Morgan fingerprint density at radius 1 is 1.12 bits per heavy atom. The van der Waals surface area contributed by atoms with Crippen LogP contribution in [-0.2, 0) is 0 Å². The predicted molar refractivity (Wildman–Crippen MR) is 71.5 cm³/mol. The lowest BCUT2D eigenvalue weighted by molar-refractivity contribution is 1.06. The molecule has 86 valence electrons. The van der Waals surface area contributed by atoms with Gasteiger partial charge in [-0.05, 0) is 36.4 Å². The van der Waals surface area contributed by atoms with Crippen LogP contribution in [0.5, 0.6) is 0 Å². The van der Waals surface area contributed by atoms with Gasteiger partial charge in [0.25, 0.3) is 0 Å². The van der Waals surface area contributed by atoms with Gasteiger partial charge in [-0.25, -0.2) is 0 Å². The van der Waals surface area contributed by atoms with Crippen molar-refractivity contribution in [2.24, 2.45) is 0 Å². The Kier molecular flexibility index (Phi) is 3.62. The molecule has 17 heavy (non-hydrogen) atoms. The molecule has 0 amide bonds. The third-order valence-corrected chi connectivity index (χ3v) is 2.43. The van der Waals surface area contributed by atoms with E-state index in [4.69, 9.17) is 11.6 Å². The zero-order valence-electron chi connectivity index (χ0n) is 9.15. The number of rotatable bonds is 4. The van der Waals surface area contributed by atoms with Crippen molar-refractivity contribution < 1.29 is 0 Å². The summed E-state index contributed by atoms with van der Waals surface area (Å²) in [6.45, 7) is 3.90. The molecular formula is C13H12ClN3. The number of hydrogen-bond acceptors (Lipinski definition) is 3. The molecule has 2 N–H and O–H groups in total. The molecule has 1 aromatic carbocycles. The number of nitrogens with one attached hydrogen (secondary N) is 2. The number of anilines is 1. The first-order valence-corrected chi connectivity index (χ1v) is 5.51. The van der Waals surface area contributed by atoms with E-state index in [-0.39, 0.29) is 0 Å². The lowest BCUT2D eigenvalue weighted by atomic mass is 10.3. The zero-order chi connectivity index (χ0) is 12.1. The second kappa shape index (κ2) is 5.37. The summed E-state index contributed by atoms with van der Waals surface area (Å²) in [7, 11) is 0. The first-order valence-electron chi connectivity index (χ1n) is 5.13. The molecule has 1 heterocycles. The van der Waals surface area contributed by atoms with Crippen LogP contribution in [-0.4, -0.2) is 4.98 Å². The summed E-state index contributed by atoms with van der Waals surface area (Å²) in [4.78, 5) is 4.18. The highest BCUT2D eigenvalue weighted by Crippen LogP contribution is 2.13. The van der Waals surface area contributed by atoms with E-state index in [1.165, 1.54) is 0 Å². The van der Waals surface area contributed by atoms with Crippen molar-refractivity contribution in [3.05, 3.63) is 66.0 Å². The molecule has 0 radical (unpaired) electrons. The zero-order valence-corrected chi connectivity index (χ0v) is 9.91. The van der Waals surface area contributed by atoms with Crippen molar-refractivity contribution >= 4 is 23.0 Å². The number of hydrogen-bond donors (Lipinski definition) is 2. The number of halogens is 1. The van der Waals surface area contributed by atoms with Gasteiger partial charge < -0.3 is 5.43 Å². The summed E-state index contributed by atoms with van der Waals surface area (Å²) in [5.41, 5.74) is 8.42. The van der Waals surface area contributed by atoms with Crippen molar-refractivity contribution in [3.63, 3.8) is 0 Å². The summed E-state index contributed by atoms with van der Waals surface area (Å²) in [6, 6.07) is 13.0. The van der Waals surface area contributed by atoms with Crippen molar-refractivity contribution in [2.45, 2.75) is 0 Å². The molecule has 0 atom stereocenters. The molecule has 0 aliphatic rings. The van der Waals surface area contributed by atoms with Crippen molar-refractivity contribution in [3.8, 4) is 0 Å². The minimum atomic E-state index is 0.708. The topological polar surface area (TPSA) is 37.0 Å². The Labute approximate surface area is 105 Å². The van der Waals surface area contributed by atoms with E-state index in [1.807, 2.05) is 42.5 Å². The fourth-order valence-electron chi connectivity index (χ4n) is 1.29. The molecule has 0 fully saturated rings. The fraction of sp³-hybridized carbons (Fsp3) is 0. The third kappa shape index (κ3) is 3.23. The summed E-state index contributed by atoms with van der Waals surface area (Å²) in [5.74, 6) is 0. The molecule has 2 aromatic rings. The molecule has 4 heteroatoms. The van der Waals surface area contributed by atoms with Crippen LogP contribution >= 0.6 is 11.6 Å². The second-order valence-electron chi connectivity index (χ2n) is 3.45. The first kappa shape index (κ1) is 11.5. The molecule has 0 unspecified atom stereocenters. The number of nitrogens with zero attached hydrogens (tertiary/aromatic N) is 1. The Hall–Kier alpha value is -2.00. The lowest BCUT2D eigenvalue weighted by Crippen LogP contribution is -2.19. The van der Waals surface area contributed by atoms with E-state index in [9.17, 15) is 0 Å². The van der Waals surface area contributed by atoms with Crippen LogP contribution in [0.3, 0.4) is 0 Å². The molecule has 3 nitrogen and oxygen atoms in total. The van der Waals surface area contributed by atoms with Gasteiger partial charge in [-0.2, -0.15) is 0 Å². The van der Waals surface area contributed by atoms with E-state index >= 15 is 0 Å².